The Balaban J connectivity index is 2.52. The first-order chi connectivity index (χ1) is 8.47. The number of benzene rings is 1. The topological polar surface area (TPSA) is 66.0 Å². The van der Waals surface area contributed by atoms with Gasteiger partial charge in [0.05, 0.1) is 17.8 Å². The van der Waals surface area contributed by atoms with Gasteiger partial charge in [0, 0.05) is 5.56 Å². The molecule has 0 fully saturated rings. The largest absolute Gasteiger partial charge is 0.481 e. The number of nitrogens with zero attached hydrogens (tertiary/aromatic N) is 1. The second kappa shape index (κ2) is 4.64. The van der Waals surface area contributed by atoms with Crippen LogP contribution in [-0.4, -0.2) is 21.0 Å². The van der Waals surface area contributed by atoms with Crippen molar-refractivity contribution in [1.29, 1.82) is 0 Å². The van der Waals surface area contributed by atoms with Gasteiger partial charge >= 0.3 is 5.97 Å². The van der Waals surface area contributed by atoms with Gasteiger partial charge in [-0.15, -0.1) is 0 Å². The third-order valence-electron chi connectivity index (χ3n) is 2.86. The lowest BCUT2D eigenvalue weighted by Crippen LogP contribution is -2.02. The molecule has 0 atom stereocenters. The molecular formula is C14H16N2O2. The van der Waals surface area contributed by atoms with Crippen LogP contribution in [-0.2, 0) is 11.2 Å². The Bertz CT molecular complexity index is 600. The third-order valence-corrected chi connectivity index (χ3v) is 2.86. The second-order valence-corrected chi connectivity index (χ2v) is 4.54. The van der Waals surface area contributed by atoms with Gasteiger partial charge in [0.25, 0.3) is 0 Å². The summed E-state index contributed by atoms with van der Waals surface area (Å²) in [5.41, 5.74) is 4.68. The smallest absolute Gasteiger partial charge is 0.309 e. The number of carboxylic acid groups (broad SMARTS) is 1. The summed E-state index contributed by atoms with van der Waals surface area (Å²) >= 11 is 0. The molecule has 2 aromatic rings. The Kier molecular flexibility index (Phi) is 3.19. The van der Waals surface area contributed by atoms with Crippen LogP contribution in [0.25, 0.3) is 11.3 Å². The summed E-state index contributed by atoms with van der Waals surface area (Å²) in [5.74, 6) is -0.120. The summed E-state index contributed by atoms with van der Waals surface area (Å²) in [7, 11) is 0. The standard InChI is InChI=1S/C14H16N2O2/c1-8-4-5-11(9(2)6-8)14-12(7-13(17)18)15-10(3)16-14/h4-6H,7H2,1-3H3,(H,15,16)(H,17,18). The number of aromatic nitrogens is 2. The number of H-pyrrole nitrogens is 1. The number of carbonyl (C=O) groups is 1. The Labute approximate surface area is 106 Å². The van der Waals surface area contributed by atoms with Crippen molar-refractivity contribution in [1.82, 2.24) is 9.97 Å². The third kappa shape index (κ3) is 2.42. The maximum Gasteiger partial charge on any atom is 0.309 e. The molecule has 1 aromatic carbocycles. The number of imidazole rings is 1. The molecule has 0 radical (unpaired) electrons. The van der Waals surface area contributed by atoms with Gasteiger partial charge in [0.2, 0.25) is 0 Å². The minimum Gasteiger partial charge on any atom is -0.481 e. The quantitative estimate of drug-likeness (QED) is 0.872. The van der Waals surface area contributed by atoms with Gasteiger partial charge < -0.3 is 10.1 Å². The van der Waals surface area contributed by atoms with Crippen molar-refractivity contribution >= 4 is 5.97 Å². The lowest BCUT2D eigenvalue weighted by atomic mass is 10.0. The van der Waals surface area contributed by atoms with Crippen molar-refractivity contribution in [3.05, 3.63) is 40.8 Å². The molecule has 1 heterocycles. The first-order valence-electron chi connectivity index (χ1n) is 5.82. The Morgan fingerprint density at radius 2 is 2.06 bits per heavy atom. The lowest BCUT2D eigenvalue weighted by molar-refractivity contribution is -0.136. The van der Waals surface area contributed by atoms with Crippen LogP contribution in [0, 0.1) is 20.8 Å². The summed E-state index contributed by atoms with van der Waals surface area (Å²) in [4.78, 5) is 18.3. The summed E-state index contributed by atoms with van der Waals surface area (Å²) in [6.07, 6.45) is -0.0382. The Morgan fingerprint density at radius 3 is 2.67 bits per heavy atom. The van der Waals surface area contributed by atoms with E-state index in [0.717, 1.165) is 22.6 Å². The highest BCUT2D eigenvalue weighted by Crippen LogP contribution is 2.26. The molecule has 2 N–H and O–H groups in total. The van der Waals surface area contributed by atoms with Gasteiger partial charge in [0.1, 0.15) is 5.82 Å². The average Bonchev–Trinajstić information content (AvgIpc) is 2.58. The van der Waals surface area contributed by atoms with E-state index in [-0.39, 0.29) is 6.42 Å². The Morgan fingerprint density at radius 1 is 1.33 bits per heavy atom. The molecule has 0 aliphatic rings. The molecule has 0 bridgehead atoms. The van der Waals surface area contributed by atoms with Gasteiger partial charge in [-0.25, -0.2) is 4.98 Å². The van der Waals surface area contributed by atoms with E-state index in [1.807, 2.05) is 32.9 Å². The molecule has 18 heavy (non-hydrogen) atoms. The van der Waals surface area contributed by atoms with E-state index in [1.165, 1.54) is 5.56 Å². The van der Waals surface area contributed by atoms with E-state index in [4.69, 9.17) is 5.11 Å². The lowest BCUT2D eigenvalue weighted by Gasteiger charge is -2.06. The molecule has 4 heteroatoms. The molecule has 0 amide bonds. The minimum atomic E-state index is -0.857. The van der Waals surface area contributed by atoms with E-state index >= 15 is 0 Å². The van der Waals surface area contributed by atoms with Crippen LogP contribution in [0.1, 0.15) is 22.6 Å². The van der Waals surface area contributed by atoms with E-state index in [2.05, 4.69) is 16.0 Å². The van der Waals surface area contributed by atoms with Crippen LogP contribution in [0.15, 0.2) is 18.2 Å². The molecule has 0 saturated carbocycles. The zero-order chi connectivity index (χ0) is 13.3. The fraction of sp³-hybridized carbons (Fsp3) is 0.286. The fourth-order valence-corrected chi connectivity index (χ4v) is 2.12. The fourth-order valence-electron chi connectivity index (χ4n) is 2.12. The monoisotopic (exact) mass is 244 g/mol. The summed E-state index contributed by atoms with van der Waals surface area (Å²) in [6.45, 7) is 5.88. The molecule has 0 spiro atoms. The van der Waals surface area contributed by atoms with Crippen molar-refractivity contribution < 1.29 is 9.90 Å². The van der Waals surface area contributed by atoms with E-state index < -0.39 is 5.97 Å². The molecule has 94 valence electrons. The zero-order valence-electron chi connectivity index (χ0n) is 10.7. The van der Waals surface area contributed by atoms with Crippen LogP contribution in [0.3, 0.4) is 0 Å². The van der Waals surface area contributed by atoms with Gasteiger partial charge in [-0.2, -0.15) is 0 Å². The highest BCUT2D eigenvalue weighted by Gasteiger charge is 2.14. The van der Waals surface area contributed by atoms with Crippen molar-refractivity contribution in [3.8, 4) is 11.3 Å². The second-order valence-electron chi connectivity index (χ2n) is 4.54. The number of aromatic amines is 1. The van der Waals surface area contributed by atoms with Gasteiger partial charge in [-0.1, -0.05) is 23.8 Å². The van der Waals surface area contributed by atoms with Crippen molar-refractivity contribution in [2.75, 3.05) is 0 Å². The number of rotatable bonds is 3. The van der Waals surface area contributed by atoms with Gasteiger partial charge in [-0.3, -0.25) is 4.79 Å². The molecule has 1 aromatic heterocycles. The molecule has 0 aliphatic carbocycles. The first-order valence-corrected chi connectivity index (χ1v) is 5.82. The van der Waals surface area contributed by atoms with Crippen molar-refractivity contribution in [3.63, 3.8) is 0 Å². The van der Waals surface area contributed by atoms with Crippen LogP contribution >= 0.6 is 0 Å². The molecular weight excluding hydrogens is 228 g/mol. The maximum atomic E-state index is 10.9. The number of aliphatic carboxylic acids is 1. The maximum absolute atomic E-state index is 10.9. The molecule has 0 saturated heterocycles. The summed E-state index contributed by atoms with van der Waals surface area (Å²) in [6, 6.07) is 6.08. The number of hydrogen-bond donors (Lipinski definition) is 2. The highest BCUT2D eigenvalue weighted by molar-refractivity contribution is 5.75. The van der Waals surface area contributed by atoms with E-state index in [1.54, 1.807) is 0 Å². The number of carboxylic acids is 1. The molecule has 0 aliphatic heterocycles. The minimum absolute atomic E-state index is 0.0382. The van der Waals surface area contributed by atoms with Gasteiger partial charge in [0.15, 0.2) is 0 Å². The van der Waals surface area contributed by atoms with Crippen molar-refractivity contribution in [2.45, 2.75) is 27.2 Å². The normalized spacial score (nSPS) is 10.6. The number of nitrogens with one attached hydrogen (secondary N) is 1. The molecule has 2 rings (SSSR count). The molecule has 4 nitrogen and oxygen atoms in total. The van der Waals surface area contributed by atoms with E-state index in [9.17, 15) is 4.79 Å². The number of hydrogen-bond acceptors (Lipinski definition) is 2. The summed E-state index contributed by atoms with van der Waals surface area (Å²) < 4.78 is 0. The Hall–Kier alpha value is -2.10. The zero-order valence-corrected chi connectivity index (χ0v) is 10.7. The SMILES string of the molecule is Cc1ccc(-c2nc(C)[nH]c2CC(=O)O)c(C)c1. The van der Waals surface area contributed by atoms with Crippen molar-refractivity contribution in [2.24, 2.45) is 0 Å². The van der Waals surface area contributed by atoms with E-state index in [0.29, 0.717) is 5.69 Å². The summed E-state index contributed by atoms with van der Waals surface area (Å²) in [5, 5.41) is 8.91. The predicted molar refractivity (Wildman–Crippen MR) is 69.6 cm³/mol. The molecule has 0 unspecified atom stereocenters. The average molecular weight is 244 g/mol. The van der Waals surface area contributed by atoms with Crippen LogP contribution in [0.4, 0.5) is 0 Å². The van der Waals surface area contributed by atoms with Crippen LogP contribution in [0.2, 0.25) is 0 Å². The number of aryl methyl sites for hydroxylation is 3. The van der Waals surface area contributed by atoms with Crippen LogP contribution < -0.4 is 0 Å². The predicted octanol–water partition coefficient (Wildman–Crippen LogP) is 2.63. The first kappa shape index (κ1) is 12.4. The van der Waals surface area contributed by atoms with Crippen LogP contribution in [0.5, 0.6) is 0 Å². The van der Waals surface area contributed by atoms with Gasteiger partial charge in [-0.05, 0) is 26.3 Å². The highest BCUT2D eigenvalue weighted by atomic mass is 16.4.